The van der Waals surface area contributed by atoms with E-state index in [9.17, 15) is 0 Å². The van der Waals surface area contributed by atoms with Crippen LogP contribution in [0.4, 0.5) is 34.1 Å². The summed E-state index contributed by atoms with van der Waals surface area (Å²) < 4.78 is 4.78. The van der Waals surface area contributed by atoms with Gasteiger partial charge < -0.3 is 18.9 Å². The molecule has 0 aliphatic heterocycles. The molecule has 0 atom stereocenters. The third-order valence-corrected chi connectivity index (χ3v) is 25.5. The van der Waals surface area contributed by atoms with Crippen molar-refractivity contribution >= 4 is 77.7 Å². The molecule has 0 N–H and O–H groups in total. The fourth-order valence-electron chi connectivity index (χ4n) is 19.6. The van der Waals surface area contributed by atoms with Gasteiger partial charge in [0.15, 0.2) is 0 Å². The first-order valence-corrected chi connectivity index (χ1v) is 42.3. The zero-order valence-corrected chi connectivity index (χ0v) is 67.8. The number of rotatable bonds is 15. The molecule has 0 saturated carbocycles. The first-order chi connectivity index (χ1) is 60.3. The predicted octanol–water partition coefficient (Wildman–Crippen LogP) is 31.5. The molecule has 0 bridgehead atoms. The van der Waals surface area contributed by atoms with Crippen molar-refractivity contribution in [2.24, 2.45) is 0 Å². The van der Waals surface area contributed by atoms with E-state index in [-0.39, 0.29) is 5.41 Å². The highest BCUT2D eigenvalue weighted by Crippen LogP contribution is 2.58. The van der Waals surface area contributed by atoms with Crippen molar-refractivity contribution in [3.63, 3.8) is 0 Å². The summed E-state index contributed by atoms with van der Waals surface area (Å²) in [6, 6.07) is 173. The van der Waals surface area contributed by atoms with Crippen LogP contribution in [0.5, 0.6) is 0 Å². The van der Waals surface area contributed by atoms with Gasteiger partial charge in [-0.05, 0) is 245 Å². The molecule has 0 amide bonds. The van der Waals surface area contributed by atoms with Crippen LogP contribution >= 0.6 is 0 Å². The maximum atomic E-state index is 2.45. The van der Waals surface area contributed by atoms with Gasteiger partial charge in [0.25, 0.3) is 0 Å². The zero-order chi connectivity index (χ0) is 81.2. The van der Waals surface area contributed by atoms with Crippen LogP contribution in [-0.4, -0.2) is 9.13 Å². The fraction of sp³-hybridized carbons (Fsp3) is 0.0339. The van der Waals surface area contributed by atoms with Crippen molar-refractivity contribution in [2.75, 3.05) is 9.80 Å². The van der Waals surface area contributed by atoms with E-state index in [4.69, 9.17) is 0 Å². The van der Waals surface area contributed by atoms with Gasteiger partial charge in [-0.25, -0.2) is 0 Å². The Kier molecular flexibility index (Phi) is 18.1. The van der Waals surface area contributed by atoms with Gasteiger partial charge in [0.2, 0.25) is 0 Å². The molecule has 23 rings (SSSR count). The van der Waals surface area contributed by atoms with Gasteiger partial charge in [-0.3, -0.25) is 0 Å². The average molecular weight is 1560 g/mol. The molecule has 122 heavy (non-hydrogen) atoms. The molecule has 0 spiro atoms. The zero-order valence-electron chi connectivity index (χ0n) is 67.8. The van der Waals surface area contributed by atoms with Crippen LogP contribution < -0.4 is 9.80 Å². The van der Waals surface area contributed by atoms with Crippen LogP contribution in [0.2, 0.25) is 0 Å². The number of aromatic nitrogens is 2. The summed E-state index contributed by atoms with van der Waals surface area (Å²) in [5.74, 6) is 0. The molecule has 2 heterocycles. The Hall–Kier alpha value is -15.6. The third-order valence-electron chi connectivity index (χ3n) is 25.5. The highest BCUT2D eigenvalue weighted by Gasteiger charge is 2.46. The normalized spacial score (nSPS) is 12.6. The second-order valence-electron chi connectivity index (χ2n) is 32.7. The molecule has 0 unspecified atom stereocenters. The van der Waals surface area contributed by atoms with Crippen molar-refractivity contribution < 1.29 is 0 Å². The predicted molar refractivity (Wildman–Crippen MR) is 513 cm³/mol. The van der Waals surface area contributed by atoms with Crippen molar-refractivity contribution in [3.8, 4) is 89.3 Å². The Labute approximate surface area is 712 Å². The number of para-hydroxylation sites is 3. The Bertz CT molecular complexity index is 7400. The first-order valence-electron chi connectivity index (χ1n) is 42.3. The highest BCUT2D eigenvalue weighted by atomic mass is 15.1. The second-order valence-corrected chi connectivity index (χ2v) is 32.7. The molecule has 0 saturated heterocycles. The first kappa shape index (κ1) is 72.8. The summed E-state index contributed by atoms with van der Waals surface area (Å²) in [6.07, 6.45) is 0. The molecule has 2 aliphatic carbocycles. The number of benzene rings is 19. The van der Waals surface area contributed by atoms with Crippen LogP contribution in [0.25, 0.3) is 133 Å². The van der Waals surface area contributed by atoms with Crippen molar-refractivity contribution in [3.05, 3.63) is 507 Å². The topological polar surface area (TPSA) is 16.3 Å². The Morgan fingerprint density at radius 2 is 0.459 bits per heavy atom. The SMILES string of the molecule is CC1(C)c2ccccc2-c2ccc(N(c3ccccc3)c3ccc(-c4ccc5c(c4)c4ccccc4n5-c4ccc(-c5ccccc5)cc4)cc3)cc21.c1ccc(-c2ccc(N(c3ccc(-c4ccc5c(c4)c4ccccc4n5-c4ccc(-c5ccccc5)cc4)cc3)c3ccc4c(c3)C(c3ccccc3)(c3ccccc3)c3ccccc3-4)cc2)cc1. The monoisotopic (exact) mass is 1560 g/mol. The van der Waals surface area contributed by atoms with Crippen molar-refractivity contribution in [1.82, 2.24) is 9.13 Å². The van der Waals surface area contributed by atoms with Crippen molar-refractivity contribution in [1.29, 1.82) is 0 Å². The molecule has 21 aromatic rings. The molecule has 2 aromatic heterocycles. The largest absolute Gasteiger partial charge is 0.310 e. The van der Waals surface area contributed by atoms with Gasteiger partial charge >= 0.3 is 0 Å². The lowest BCUT2D eigenvalue weighted by molar-refractivity contribution is 0.660. The van der Waals surface area contributed by atoms with Gasteiger partial charge in [0.1, 0.15) is 0 Å². The molecule has 576 valence electrons. The highest BCUT2D eigenvalue weighted by molar-refractivity contribution is 6.12. The van der Waals surface area contributed by atoms with E-state index in [1.54, 1.807) is 0 Å². The molecule has 0 fully saturated rings. The maximum Gasteiger partial charge on any atom is 0.0714 e. The minimum absolute atomic E-state index is 0.0679. The van der Waals surface area contributed by atoms with Gasteiger partial charge in [-0.15, -0.1) is 0 Å². The van der Waals surface area contributed by atoms with E-state index in [0.717, 1.165) is 45.5 Å². The van der Waals surface area contributed by atoms with E-state index in [1.165, 1.54) is 155 Å². The minimum atomic E-state index is -0.509. The smallest absolute Gasteiger partial charge is 0.0714 e. The molecule has 2 aliphatic rings. The van der Waals surface area contributed by atoms with Gasteiger partial charge in [0.05, 0.1) is 27.5 Å². The van der Waals surface area contributed by atoms with Crippen LogP contribution in [0, 0.1) is 0 Å². The summed E-state index contributed by atoms with van der Waals surface area (Å²) in [5, 5.41) is 4.98. The lowest BCUT2D eigenvalue weighted by Crippen LogP contribution is -2.28. The van der Waals surface area contributed by atoms with E-state index in [1.807, 2.05) is 0 Å². The van der Waals surface area contributed by atoms with E-state index >= 15 is 0 Å². The molecule has 19 aromatic carbocycles. The summed E-state index contributed by atoms with van der Waals surface area (Å²) >= 11 is 0. The number of hydrogen-bond donors (Lipinski definition) is 0. The van der Waals surface area contributed by atoms with Gasteiger partial charge in [-0.1, -0.05) is 354 Å². The van der Waals surface area contributed by atoms with Gasteiger partial charge in [-0.2, -0.15) is 0 Å². The van der Waals surface area contributed by atoms with Crippen LogP contribution in [0.15, 0.2) is 473 Å². The van der Waals surface area contributed by atoms with Crippen LogP contribution in [-0.2, 0) is 10.8 Å². The lowest BCUT2D eigenvalue weighted by Gasteiger charge is -2.35. The Balaban J connectivity index is 0.000000151. The van der Waals surface area contributed by atoms with Gasteiger partial charge in [0, 0.05) is 72.5 Å². The number of hydrogen-bond acceptors (Lipinski definition) is 2. The van der Waals surface area contributed by atoms with Crippen LogP contribution in [0.1, 0.15) is 47.2 Å². The average Bonchev–Trinajstić information content (AvgIpc) is 1.53. The van der Waals surface area contributed by atoms with Crippen LogP contribution in [0.3, 0.4) is 0 Å². The fourth-order valence-corrected chi connectivity index (χ4v) is 19.6. The molecular formula is C118H84N4. The quantitative estimate of drug-likeness (QED) is 0.102. The summed E-state index contributed by atoms with van der Waals surface area (Å²) in [5.41, 5.74) is 38.3. The third kappa shape index (κ3) is 12.5. The van der Waals surface area contributed by atoms with E-state index < -0.39 is 5.41 Å². The molecule has 0 radical (unpaired) electrons. The molecular weight excluding hydrogens is 1470 g/mol. The summed E-state index contributed by atoms with van der Waals surface area (Å²) in [4.78, 5) is 4.80. The molecule has 4 heteroatoms. The number of nitrogens with zero attached hydrogens (tertiary/aromatic N) is 4. The number of anilines is 6. The Morgan fingerprint density at radius 1 is 0.180 bits per heavy atom. The summed E-state index contributed by atoms with van der Waals surface area (Å²) in [7, 11) is 0. The standard InChI is InChI=1S/C67H46N2.C51H38N2/c1-5-17-47(18-6-1)49-29-36-55(37-30-49)68(58-42-43-60-59-25-13-15-27-63(59)67(64(60)46-58,53-21-9-3-10-22-53)54-23-11-4-12-24-54)56-38-33-51(34-39-56)52-35-44-66-62(45-52)61-26-14-16-28-65(61)69(66)57-40-31-50(32-41-57)48-19-7-2-8-20-48;1-51(2)47-19-11-9-17-43(47)44-31-30-42(34-48(44)51)52(39-15-7-4-8-16-39)40-26-23-37(24-27-40)38-25-32-50-46(33-38)45-18-10-12-20-49(45)53(50)41-28-21-36(22-29-41)35-13-5-3-6-14-35/h1-46H;3-34H,1-2H3. The number of fused-ring (bicyclic) bond motifs is 12. The Morgan fingerprint density at radius 3 is 0.885 bits per heavy atom. The maximum absolute atomic E-state index is 2.45. The van der Waals surface area contributed by atoms with E-state index in [2.05, 4.69) is 506 Å². The van der Waals surface area contributed by atoms with Crippen molar-refractivity contribution in [2.45, 2.75) is 24.7 Å². The second kappa shape index (κ2) is 30.4. The summed E-state index contributed by atoms with van der Waals surface area (Å²) in [6.45, 7) is 4.69. The molecule has 4 nitrogen and oxygen atoms in total. The van der Waals surface area contributed by atoms with E-state index in [0.29, 0.717) is 0 Å². The lowest BCUT2D eigenvalue weighted by atomic mass is 9.67. The minimum Gasteiger partial charge on any atom is -0.310 e.